The van der Waals surface area contributed by atoms with Gasteiger partial charge in [-0.25, -0.2) is 0 Å². The first kappa shape index (κ1) is 14.1. The van der Waals surface area contributed by atoms with Crippen molar-refractivity contribution in [1.29, 1.82) is 0 Å². The molecule has 0 aliphatic carbocycles. The lowest BCUT2D eigenvalue weighted by Crippen LogP contribution is -2.58. The van der Waals surface area contributed by atoms with Crippen LogP contribution in [0, 0.1) is 11.8 Å². The van der Waals surface area contributed by atoms with Gasteiger partial charge in [-0.15, -0.1) is 0 Å². The normalized spacial score (nSPS) is 38.7. The topological polar surface area (TPSA) is 41.1 Å². The fourth-order valence-corrected chi connectivity index (χ4v) is 3.65. The fraction of sp³-hybridized carbons (Fsp3) is 0.786. The summed E-state index contributed by atoms with van der Waals surface area (Å²) in [5.41, 5.74) is 0.0703. The Hall–Kier alpha value is -0.320. The molecule has 4 atom stereocenters. The van der Waals surface area contributed by atoms with Gasteiger partial charge >= 0.3 is 0 Å². The van der Waals surface area contributed by atoms with E-state index in [9.17, 15) is 4.79 Å². The smallest absolute Gasteiger partial charge is 0.155 e. The van der Waals surface area contributed by atoms with Gasteiger partial charge in [-0.05, 0) is 43.6 Å². The predicted octanol–water partition coefficient (Wildman–Crippen LogP) is 2.10. The van der Waals surface area contributed by atoms with Crippen LogP contribution in [0.2, 0.25) is 0 Å². The van der Waals surface area contributed by atoms with Gasteiger partial charge in [0.05, 0.1) is 11.0 Å². The summed E-state index contributed by atoms with van der Waals surface area (Å²) in [7, 11) is 0. The van der Waals surface area contributed by atoms with Gasteiger partial charge in [-0.3, -0.25) is 15.4 Å². The molecule has 0 aromatic heterocycles. The van der Waals surface area contributed by atoms with Crippen molar-refractivity contribution in [2.24, 2.45) is 11.8 Å². The maximum absolute atomic E-state index is 11.2. The number of fused-ring (bicyclic) bond motifs is 2. The monoisotopic (exact) mass is 268 g/mol. The zero-order valence-electron chi connectivity index (χ0n) is 11.1. The van der Waals surface area contributed by atoms with Crippen molar-refractivity contribution >= 4 is 18.4 Å². The number of hydrogen-bond donors (Lipinski definition) is 3. The predicted molar refractivity (Wildman–Crippen MR) is 77.6 cm³/mol. The zero-order chi connectivity index (χ0) is 13.2. The van der Waals surface area contributed by atoms with Crippen LogP contribution in [0.5, 0.6) is 0 Å². The fourth-order valence-electron chi connectivity index (χ4n) is 3.16. The number of rotatable bonds is 6. The quantitative estimate of drug-likeness (QED) is 0.392. The largest absolute Gasteiger partial charge is 0.299 e. The first-order chi connectivity index (χ1) is 8.56. The van der Waals surface area contributed by atoms with Gasteiger partial charge < -0.3 is 0 Å². The molecular formula is C14H24N2OS. The summed E-state index contributed by atoms with van der Waals surface area (Å²) in [6, 6.07) is 0. The number of carbonyl (C=O) groups is 1. The minimum absolute atomic E-state index is 0.0703. The molecule has 2 N–H and O–H groups in total. The number of unbranched alkanes of at least 4 members (excludes halogenated alkanes) is 1. The second-order valence-corrected chi connectivity index (χ2v) is 6.31. The molecule has 3 nitrogen and oxygen atoms in total. The standard InChI is InChI=1S/C14H24N2OS/c1-3-12(17)6-4-5-7-14-8-11(9-15-14)10(2)13(18)16-14/h3,10-11,13,15-16,18H,1,4-9H2,2H3/t10-,11?,13?,14?/m1/s1. The number of thiol groups is 1. The van der Waals surface area contributed by atoms with Crippen molar-refractivity contribution in [3.8, 4) is 0 Å². The van der Waals surface area contributed by atoms with Gasteiger partial charge in [-0.1, -0.05) is 13.5 Å². The zero-order valence-corrected chi connectivity index (χ0v) is 12.0. The van der Waals surface area contributed by atoms with E-state index < -0.39 is 0 Å². The summed E-state index contributed by atoms with van der Waals surface area (Å²) in [6.45, 7) is 6.87. The molecule has 3 unspecified atom stereocenters. The Labute approximate surface area is 115 Å². The molecule has 0 saturated carbocycles. The molecule has 2 saturated heterocycles. The van der Waals surface area contributed by atoms with E-state index >= 15 is 0 Å². The summed E-state index contributed by atoms with van der Waals surface area (Å²) in [5, 5.41) is 7.54. The van der Waals surface area contributed by atoms with Crippen LogP contribution < -0.4 is 10.6 Å². The molecule has 0 aromatic carbocycles. The molecule has 2 heterocycles. The van der Waals surface area contributed by atoms with Crippen molar-refractivity contribution in [1.82, 2.24) is 10.6 Å². The van der Waals surface area contributed by atoms with Gasteiger partial charge in [0.15, 0.2) is 5.78 Å². The van der Waals surface area contributed by atoms with E-state index in [0.717, 1.165) is 31.7 Å². The summed E-state index contributed by atoms with van der Waals surface area (Å²) in [4.78, 5) is 11.2. The summed E-state index contributed by atoms with van der Waals surface area (Å²) in [6.07, 6.45) is 6.35. The van der Waals surface area contributed by atoms with Gasteiger partial charge in [-0.2, -0.15) is 12.6 Å². The second-order valence-electron chi connectivity index (χ2n) is 5.75. The third-order valence-corrected chi connectivity index (χ3v) is 5.08. The van der Waals surface area contributed by atoms with E-state index in [0.29, 0.717) is 12.3 Å². The maximum Gasteiger partial charge on any atom is 0.155 e. The molecule has 2 fully saturated rings. The van der Waals surface area contributed by atoms with Crippen LogP contribution in [-0.2, 0) is 4.79 Å². The Morgan fingerprint density at radius 1 is 1.56 bits per heavy atom. The van der Waals surface area contributed by atoms with Crippen LogP contribution in [0.3, 0.4) is 0 Å². The first-order valence-electron chi connectivity index (χ1n) is 6.92. The van der Waals surface area contributed by atoms with Crippen LogP contribution in [0.25, 0.3) is 0 Å². The van der Waals surface area contributed by atoms with Crippen LogP contribution in [0.4, 0.5) is 0 Å². The highest BCUT2D eigenvalue weighted by molar-refractivity contribution is 7.80. The number of hydrogen-bond acceptors (Lipinski definition) is 4. The van der Waals surface area contributed by atoms with Crippen molar-refractivity contribution in [3.63, 3.8) is 0 Å². The Kier molecular flexibility index (Phi) is 4.51. The van der Waals surface area contributed by atoms with E-state index in [1.165, 1.54) is 12.5 Å². The lowest BCUT2D eigenvalue weighted by molar-refractivity contribution is -0.114. The van der Waals surface area contributed by atoms with Crippen LogP contribution in [0.15, 0.2) is 12.7 Å². The number of carbonyl (C=O) groups excluding carboxylic acids is 1. The van der Waals surface area contributed by atoms with Gasteiger partial charge in [0.2, 0.25) is 0 Å². The molecule has 0 aromatic rings. The minimum Gasteiger partial charge on any atom is -0.299 e. The molecule has 0 spiro atoms. The van der Waals surface area contributed by atoms with Crippen LogP contribution >= 0.6 is 12.6 Å². The average molecular weight is 268 g/mol. The first-order valence-corrected chi connectivity index (χ1v) is 7.44. The molecule has 2 rings (SSSR count). The highest BCUT2D eigenvalue weighted by Gasteiger charge is 2.47. The Morgan fingerprint density at radius 2 is 2.33 bits per heavy atom. The third kappa shape index (κ3) is 2.98. The molecule has 2 aliphatic rings. The van der Waals surface area contributed by atoms with Gasteiger partial charge in [0, 0.05) is 13.0 Å². The van der Waals surface area contributed by atoms with Crippen LogP contribution in [-0.4, -0.2) is 23.4 Å². The Morgan fingerprint density at radius 3 is 3.06 bits per heavy atom. The SMILES string of the molecule is C=CC(=O)CCCCC12CC(CN1)[C@@H](C)C(S)N2. The van der Waals surface area contributed by atoms with E-state index in [2.05, 4.69) is 36.8 Å². The summed E-state index contributed by atoms with van der Waals surface area (Å²) >= 11 is 4.64. The maximum atomic E-state index is 11.2. The molecule has 0 radical (unpaired) electrons. The second kappa shape index (κ2) is 5.76. The Balaban J connectivity index is 1.79. The molecule has 0 amide bonds. The molecular weight excluding hydrogens is 244 g/mol. The van der Waals surface area contributed by atoms with E-state index in [1.807, 2.05) is 0 Å². The number of nitrogens with one attached hydrogen (secondary N) is 2. The lowest BCUT2D eigenvalue weighted by Gasteiger charge is -2.41. The van der Waals surface area contributed by atoms with Crippen molar-refractivity contribution in [2.45, 2.75) is 50.1 Å². The van der Waals surface area contributed by atoms with Crippen molar-refractivity contribution in [2.75, 3.05) is 6.54 Å². The highest BCUT2D eigenvalue weighted by atomic mass is 32.1. The summed E-state index contributed by atoms with van der Waals surface area (Å²) < 4.78 is 0. The van der Waals surface area contributed by atoms with E-state index in [4.69, 9.17) is 0 Å². The Bertz CT molecular complexity index is 334. The van der Waals surface area contributed by atoms with Gasteiger partial charge in [0.1, 0.15) is 0 Å². The van der Waals surface area contributed by atoms with Gasteiger partial charge in [0.25, 0.3) is 0 Å². The van der Waals surface area contributed by atoms with E-state index in [-0.39, 0.29) is 16.8 Å². The summed E-state index contributed by atoms with van der Waals surface area (Å²) in [5.74, 6) is 1.52. The number of allylic oxidation sites excluding steroid dienone is 1. The van der Waals surface area contributed by atoms with Crippen molar-refractivity contribution in [3.05, 3.63) is 12.7 Å². The molecule has 102 valence electrons. The van der Waals surface area contributed by atoms with E-state index in [1.54, 1.807) is 0 Å². The van der Waals surface area contributed by atoms with Crippen molar-refractivity contribution < 1.29 is 4.79 Å². The minimum atomic E-state index is 0.0703. The average Bonchev–Trinajstić information content (AvgIpc) is 2.73. The molecule has 2 bridgehead atoms. The number of ketones is 1. The third-order valence-electron chi connectivity index (χ3n) is 4.48. The molecule has 2 aliphatic heterocycles. The lowest BCUT2D eigenvalue weighted by atomic mass is 9.83. The number of piperidine rings is 1. The molecule has 18 heavy (non-hydrogen) atoms. The molecule has 4 heteroatoms. The highest BCUT2D eigenvalue weighted by Crippen LogP contribution is 2.39. The van der Waals surface area contributed by atoms with Crippen LogP contribution in [0.1, 0.15) is 39.0 Å².